The van der Waals surface area contributed by atoms with Crippen molar-refractivity contribution in [3.8, 4) is 23.0 Å². The van der Waals surface area contributed by atoms with E-state index in [1.165, 1.54) is 24.3 Å². The summed E-state index contributed by atoms with van der Waals surface area (Å²) in [6.45, 7) is -0.386. The number of aromatic hydroxyl groups is 4. The second-order valence-corrected chi connectivity index (χ2v) is 10.4. The third-order valence-electron chi connectivity index (χ3n) is 6.60. The summed E-state index contributed by atoms with van der Waals surface area (Å²) in [6.07, 6.45) is 0. The van der Waals surface area contributed by atoms with E-state index in [-0.39, 0.29) is 85.0 Å². The molecule has 0 fully saturated rings. The van der Waals surface area contributed by atoms with Gasteiger partial charge in [-0.05, 0) is 0 Å². The Bertz CT molecular complexity index is 1620. The zero-order valence-corrected chi connectivity index (χ0v) is 24.8. The van der Waals surface area contributed by atoms with Crippen LogP contribution in [0.4, 0.5) is 0 Å². The van der Waals surface area contributed by atoms with Crippen molar-refractivity contribution in [2.45, 2.75) is 26.2 Å². The maximum atomic E-state index is 11.6. The second-order valence-electron chi connectivity index (χ2n) is 10.4. The third-order valence-corrected chi connectivity index (χ3v) is 6.60. The summed E-state index contributed by atoms with van der Waals surface area (Å²) >= 11 is 0. The van der Waals surface area contributed by atoms with Gasteiger partial charge in [0.1, 0.15) is 23.0 Å². The van der Waals surface area contributed by atoms with Crippen LogP contribution < -0.4 is 0 Å². The molecule has 18 heteroatoms. The van der Waals surface area contributed by atoms with Crippen LogP contribution in [0, 0.1) is 0 Å². The number of hydrogen-bond acceptors (Lipinski definition) is 14. The normalized spacial score (nSPS) is 11.1. The fourth-order valence-electron chi connectivity index (χ4n) is 4.68. The highest BCUT2D eigenvalue weighted by Crippen LogP contribution is 2.21. The predicted molar refractivity (Wildman–Crippen MR) is 160 cm³/mol. The Morgan fingerprint density at radius 2 is 0.625 bits per heavy atom. The summed E-state index contributed by atoms with van der Waals surface area (Å²) in [5.41, 5.74) is -1.32. The molecular weight excluding hydrogens is 636 g/mol. The van der Waals surface area contributed by atoms with E-state index in [9.17, 15) is 60.0 Å². The van der Waals surface area contributed by atoms with Crippen molar-refractivity contribution in [2.75, 3.05) is 13.1 Å². The monoisotopic (exact) mass is 664 g/mol. The first-order valence-electron chi connectivity index (χ1n) is 13.8. The van der Waals surface area contributed by atoms with E-state index in [1.807, 2.05) is 0 Å². The van der Waals surface area contributed by atoms with Crippen molar-refractivity contribution in [3.05, 3.63) is 94.1 Å². The van der Waals surface area contributed by atoms with Crippen LogP contribution in [-0.2, 0) is 26.2 Å². The van der Waals surface area contributed by atoms with Gasteiger partial charge in [0.05, 0.1) is 22.8 Å². The molecule has 250 valence electrons. The van der Waals surface area contributed by atoms with E-state index in [4.69, 9.17) is 0 Å². The van der Waals surface area contributed by atoms with Gasteiger partial charge >= 0.3 is 23.9 Å². The molecule has 0 spiro atoms. The van der Waals surface area contributed by atoms with Gasteiger partial charge in [-0.25, -0.2) is 39.1 Å². The standard InChI is InChI=1S/C30H28N6O12/c37-19-3-15(31-23(7-19)27(41)42)11-35(12-16-4-20(38)8-24(32-16)28(43)44)1-2-36(13-17-5-21(39)9-25(33-17)29(45)46)14-18-6-22(40)10-26(34-18)30(47)48/h3-10H,1-2,11-14H2,(H,31,37)(H,32,38)(H,33,39)(H,34,40)(H,41,42)(H,43,44)(H,45,46)(H,47,48). The molecule has 4 aromatic heterocycles. The Labute approximate surface area is 270 Å². The Morgan fingerprint density at radius 3 is 0.812 bits per heavy atom. The maximum absolute atomic E-state index is 11.6. The molecule has 4 rings (SSSR count). The van der Waals surface area contributed by atoms with Crippen LogP contribution in [0.1, 0.15) is 64.7 Å². The first kappa shape index (κ1) is 34.5. The van der Waals surface area contributed by atoms with Gasteiger partial charge < -0.3 is 40.9 Å². The van der Waals surface area contributed by atoms with Crippen LogP contribution in [0.5, 0.6) is 23.0 Å². The van der Waals surface area contributed by atoms with Crippen molar-refractivity contribution in [1.29, 1.82) is 0 Å². The minimum Gasteiger partial charge on any atom is -0.508 e. The van der Waals surface area contributed by atoms with Crippen LogP contribution in [0.2, 0.25) is 0 Å². The van der Waals surface area contributed by atoms with Gasteiger partial charge in [-0.15, -0.1) is 0 Å². The molecule has 0 saturated carbocycles. The van der Waals surface area contributed by atoms with Crippen molar-refractivity contribution >= 4 is 23.9 Å². The van der Waals surface area contributed by atoms with Crippen LogP contribution in [0.3, 0.4) is 0 Å². The molecule has 4 aromatic rings. The van der Waals surface area contributed by atoms with E-state index in [0.717, 1.165) is 24.3 Å². The minimum atomic E-state index is -1.40. The molecule has 0 aliphatic carbocycles. The first-order chi connectivity index (χ1) is 22.6. The van der Waals surface area contributed by atoms with Gasteiger partial charge in [0.15, 0.2) is 22.8 Å². The minimum absolute atomic E-state index is 0.0503. The van der Waals surface area contributed by atoms with Gasteiger partial charge in [0.2, 0.25) is 0 Å². The number of carboxylic acid groups (broad SMARTS) is 4. The molecule has 0 aromatic carbocycles. The van der Waals surface area contributed by atoms with Crippen LogP contribution in [-0.4, -0.2) is 108 Å². The quantitative estimate of drug-likeness (QED) is 0.0894. The van der Waals surface area contributed by atoms with Crippen LogP contribution in [0.15, 0.2) is 48.5 Å². The molecule has 0 atom stereocenters. The highest BCUT2D eigenvalue weighted by molar-refractivity contribution is 5.87. The summed E-state index contributed by atoms with van der Waals surface area (Å²) in [5, 5.41) is 78.1. The summed E-state index contributed by atoms with van der Waals surface area (Å²) < 4.78 is 0. The van der Waals surface area contributed by atoms with Crippen molar-refractivity contribution in [2.24, 2.45) is 0 Å². The number of nitrogens with zero attached hydrogens (tertiary/aromatic N) is 6. The lowest BCUT2D eigenvalue weighted by Crippen LogP contribution is -2.35. The fraction of sp³-hybridized carbons (Fsp3) is 0.200. The second kappa shape index (κ2) is 14.8. The molecule has 8 N–H and O–H groups in total. The van der Waals surface area contributed by atoms with Crippen LogP contribution >= 0.6 is 0 Å². The van der Waals surface area contributed by atoms with E-state index in [1.54, 1.807) is 9.80 Å². The third kappa shape index (κ3) is 9.55. The molecule has 0 radical (unpaired) electrons. The number of pyridine rings is 4. The molecule has 0 bridgehead atoms. The summed E-state index contributed by atoms with van der Waals surface area (Å²) in [5.74, 6) is -7.11. The fourth-order valence-corrected chi connectivity index (χ4v) is 4.68. The Morgan fingerprint density at radius 1 is 0.417 bits per heavy atom. The largest absolute Gasteiger partial charge is 0.508 e. The number of aromatic carboxylic acids is 4. The number of rotatable bonds is 15. The smallest absolute Gasteiger partial charge is 0.354 e. The number of hydrogen-bond donors (Lipinski definition) is 8. The van der Waals surface area contributed by atoms with E-state index in [2.05, 4.69) is 19.9 Å². The van der Waals surface area contributed by atoms with Gasteiger partial charge in [0, 0.05) is 87.8 Å². The number of carboxylic acids is 4. The van der Waals surface area contributed by atoms with E-state index >= 15 is 0 Å². The topological polar surface area (TPSA) is 288 Å². The molecule has 0 amide bonds. The molecule has 48 heavy (non-hydrogen) atoms. The SMILES string of the molecule is O=C(O)c1cc(O)cc(CN(CCN(Cc2cc(O)cc(C(=O)O)n2)Cc2cc(O)cc(C(=O)O)n2)Cc2cc(O)cc(C(=O)O)n2)n1. The highest BCUT2D eigenvalue weighted by atomic mass is 16.4. The molecular formula is C30H28N6O12. The first-order valence-corrected chi connectivity index (χ1v) is 13.8. The highest BCUT2D eigenvalue weighted by Gasteiger charge is 2.20. The molecule has 18 nitrogen and oxygen atoms in total. The molecule has 0 aliphatic heterocycles. The Kier molecular flexibility index (Phi) is 10.6. The summed E-state index contributed by atoms with van der Waals surface area (Å²) in [4.78, 5) is 65.7. The van der Waals surface area contributed by atoms with Crippen molar-refractivity contribution in [3.63, 3.8) is 0 Å². The average Bonchev–Trinajstić information content (AvgIpc) is 2.98. The molecule has 4 heterocycles. The lowest BCUT2D eigenvalue weighted by Gasteiger charge is -2.27. The van der Waals surface area contributed by atoms with Crippen molar-refractivity contribution in [1.82, 2.24) is 29.7 Å². The molecule has 0 unspecified atom stereocenters. The Hall–Kier alpha value is -6.40. The number of carbonyl (C=O) groups is 4. The van der Waals surface area contributed by atoms with Gasteiger partial charge in [-0.2, -0.15) is 0 Å². The van der Waals surface area contributed by atoms with E-state index in [0.29, 0.717) is 0 Å². The van der Waals surface area contributed by atoms with Crippen LogP contribution in [0.25, 0.3) is 0 Å². The zero-order chi connectivity index (χ0) is 35.1. The summed E-state index contributed by atoms with van der Waals surface area (Å²) in [7, 11) is 0. The maximum Gasteiger partial charge on any atom is 0.354 e. The summed E-state index contributed by atoms with van der Waals surface area (Å²) in [6, 6.07) is 8.72. The van der Waals surface area contributed by atoms with Gasteiger partial charge in [0.25, 0.3) is 0 Å². The molecule has 0 aliphatic rings. The predicted octanol–water partition coefficient (Wildman–Crippen LogP) is 1.59. The van der Waals surface area contributed by atoms with Gasteiger partial charge in [-0.3, -0.25) is 9.80 Å². The lowest BCUT2D eigenvalue weighted by molar-refractivity contribution is 0.0678. The van der Waals surface area contributed by atoms with Gasteiger partial charge in [-0.1, -0.05) is 0 Å². The Balaban J connectivity index is 1.70. The van der Waals surface area contributed by atoms with Crippen molar-refractivity contribution < 1.29 is 60.0 Å². The van der Waals surface area contributed by atoms with E-state index < -0.39 is 46.7 Å². The average molecular weight is 665 g/mol. The zero-order valence-electron chi connectivity index (χ0n) is 24.8. The molecule has 0 saturated heterocycles. The number of aromatic nitrogens is 4. The lowest BCUT2D eigenvalue weighted by atomic mass is 10.2.